The summed E-state index contributed by atoms with van der Waals surface area (Å²) in [7, 11) is 0. The Bertz CT molecular complexity index is 321. The Labute approximate surface area is 207 Å². The molecule has 0 nitrogen and oxygen atoms in total. The zero-order chi connectivity index (χ0) is 21.0. The van der Waals surface area contributed by atoms with Crippen molar-refractivity contribution in [2.24, 2.45) is 71.0 Å². The molecule has 0 heterocycles. The van der Waals surface area contributed by atoms with E-state index in [4.69, 9.17) is 0 Å². The van der Waals surface area contributed by atoms with Crippen LogP contribution < -0.4 is 0 Å². The Hall–Kier alpha value is 1.19. The van der Waals surface area contributed by atoms with E-state index < -0.39 is 0 Å². The summed E-state index contributed by atoms with van der Waals surface area (Å²) >= 11 is 0. The second-order valence-electron chi connectivity index (χ2n) is 11.7. The minimum atomic E-state index is 0. The van der Waals surface area contributed by atoms with Gasteiger partial charge in [0, 0.05) is 35.6 Å². The zero-order valence-corrected chi connectivity index (χ0v) is 25.3. The first-order chi connectivity index (χ1) is 12.4. The Morgan fingerprint density at radius 3 is 0.429 bits per heavy atom. The average Bonchev–Trinajstić information content (AvgIpc) is 3.07. The molecule has 0 saturated heterocycles. The summed E-state index contributed by atoms with van der Waals surface area (Å²) in [5.74, 6) is 11.6. The van der Waals surface area contributed by atoms with Crippen LogP contribution >= 0.6 is 0 Å². The molecule has 1 radical (unpaired) electrons. The van der Waals surface area contributed by atoms with Crippen molar-refractivity contribution >= 4 is 0 Å². The van der Waals surface area contributed by atoms with E-state index in [0.29, 0.717) is 0 Å². The Morgan fingerprint density at radius 1 is 0.286 bits per heavy atom. The van der Waals surface area contributed by atoms with Gasteiger partial charge in [-0.2, -0.15) is 0 Å². The molecule has 12 unspecified atom stereocenters. The van der Waals surface area contributed by atoms with Crippen molar-refractivity contribution in [2.45, 2.75) is 102 Å². The first kappa shape index (κ1) is 29.2. The van der Waals surface area contributed by atoms with Crippen LogP contribution in [-0.2, 0) is 0 Å². The number of hydrogen-bond acceptors (Lipinski definition) is 0. The van der Waals surface area contributed by atoms with Crippen molar-refractivity contribution in [3.8, 4) is 0 Å². The van der Waals surface area contributed by atoms with Crippen molar-refractivity contribution in [3.05, 3.63) is 0 Å². The molecule has 0 spiro atoms. The molecule has 3 rings (SSSR count). The molecule has 3 aliphatic carbocycles. The van der Waals surface area contributed by atoms with Gasteiger partial charge in [0.25, 0.3) is 0 Å². The van der Waals surface area contributed by atoms with Gasteiger partial charge in [-0.05, 0) is 90.3 Å². The van der Waals surface area contributed by atoms with Crippen molar-refractivity contribution in [3.63, 3.8) is 0 Å². The molecule has 28 heavy (non-hydrogen) atoms. The van der Waals surface area contributed by atoms with Gasteiger partial charge in [-0.25, -0.2) is 0 Å². The SMILES string of the molecule is CC1CC(C)C(C)C1C.CC1CC(C)C(C)C1C.CC1CC(C)C(C)C1C.[La]. The quantitative estimate of drug-likeness (QED) is 0.301. The van der Waals surface area contributed by atoms with E-state index in [1.165, 1.54) is 19.3 Å². The second kappa shape index (κ2) is 12.9. The summed E-state index contributed by atoms with van der Waals surface area (Å²) in [6.45, 7) is 28.6. The number of hydrogen-bond donors (Lipinski definition) is 0. The predicted octanol–water partition coefficient (Wildman–Crippen LogP) is 8.80. The number of rotatable bonds is 0. The molecule has 3 aliphatic rings. The van der Waals surface area contributed by atoms with Crippen LogP contribution in [-0.4, -0.2) is 0 Å². The molecule has 0 N–H and O–H groups in total. The predicted molar refractivity (Wildman–Crippen MR) is 124 cm³/mol. The molecular weight excluding hydrogens is 463 g/mol. The smallest absolute Gasteiger partial charge is 0 e. The molecule has 0 amide bonds. The zero-order valence-electron chi connectivity index (χ0n) is 21.6. The molecule has 165 valence electrons. The standard InChI is InChI=1S/3C9H18.La/c3*1-6-5-7(2)9(4)8(6)3;/h3*6-9H,5H2,1-4H3;. The van der Waals surface area contributed by atoms with Gasteiger partial charge in [0.15, 0.2) is 0 Å². The largest absolute Gasteiger partial charge is 0.0622 e. The second-order valence-corrected chi connectivity index (χ2v) is 11.7. The first-order valence-corrected chi connectivity index (χ1v) is 12.4. The van der Waals surface area contributed by atoms with Crippen molar-refractivity contribution in [1.82, 2.24) is 0 Å². The van der Waals surface area contributed by atoms with Crippen LogP contribution in [0.3, 0.4) is 0 Å². The van der Waals surface area contributed by atoms with Crippen molar-refractivity contribution in [1.29, 1.82) is 0 Å². The topological polar surface area (TPSA) is 0 Å². The maximum absolute atomic E-state index is 2.39. The van der Waals surface area contributed by atoms with E-state index in [0.717, 1.165) is 71.0 Å². The fraction of sp³-hybridized carbons (Fsp3) is 1.00. The van der Waals surface area contributed by atoms with Crippen molar-refractivity contribution < 1.29 is 35.6 Å². The molecule has 0 aromatic rings. The fourth-order valence-electron chi connectivity index (χ4n) is 6.16. The van der Waals surface area contributed by atoms with Gasteiger partial charge >= 0.3 is 0 Å². The van der Waals surface area contributed by atoms with Gasteiger partial charge in [0.05, 0.1) is 0 Å². The summed E-state index contributed by atoms with van der Waals surface area (Å²) in [4.78, 5) is 0. The molecule has 1 heteroatoms. The van der Waals surface area contributed by atoms with Gasteiger partial charge < -0.3 is 0 Å². The maximum Gasteiger partial charge on any atom is 0 e. The monoisotopic (exact) mass is 517 g/mol. The molecule has 0 aliphatic heterocycles. The summed E-state index contributed by atoms with van der Waals surface area (Å²) in [5.41, 5.74) is 0. The van der Waals surface area contributed by atoms with Gasteiger partial charge in [0.1, 0.15) is 0 Å². The van der Waals surface area contributed by atoms with Crippen LogP contribution in [0.15, 0.2) is 0 Å². The van der Waals surface area contributed by atoms with Crippen LogP contribution in [0.1, 0.15) is 102 Å². The molecule has 12 atom stereocenters. The summed E-state index contributed by atoms with van der Waals surface area (Å²) in [6.07, 6.45) is 4.34. The third-order valence-electron chi connectivity index (χ3n) is 10.1. The normalized spacial score (nSPS) is 50.1. The minimum Gasteiger partial charge on any atom is -0.0622 e. The summed E-state index contributed by atoms with van der Waals surface area (Å²) in [5, 5.41) is 0. The van der Waals surface area contributed by atoms with Crippen molar-refractivity contribution in [2.75, 3.05) is 0 Å². The van der Waals surface area contributed by atoms with E-state index >= 15 is 0 Å². The van der Waals surface area contributed by atoms with Crippen LogP contribution in [0.4, 0.5) is 0 Å². The van der Waals surface area contributed by atoms with Crippen LogP contribution in [0.2, 0.25) is 0 Å². The summed E-state index contributed by atoms with van der Waals surface area (Å²) < 4.78 is 0. The van der Waals surface area contributed by atoms with Crippen LogP contribution in [0, 0.1) is 107 Å². The first-order valence-electron chi connectivity index (χ1n) is 12.4. The Balaban J connectivity index is 0.000000384. The Morgan fingerprint density at radius 2 is 0.393 bits per heavy atom. The van der Waals surface area contributed by atoms with Gasteiger partial charge in [-0.15, -0.1) is 0 Å². The van der Waals surface area contributed by atoms with Gasteiger partial charge in [-0.1, -0.05) is 83.1 Å². The fourth-order valence-corrected chi connectivity index (χ4v) is 6.16. The van der Waals surface area contributed by atoms with E-state index in [2.05, 4.69) is 83.1 Å². The average molecular weight is 518 g/mol. The van der Waals surface area contributed by atoms with Crippen LogP contribution in [0.5, 0.6) is 0 Å². The molecule has 0 bridgehead atoms. The van der Waals surface area contributed by atoms with Gasteiger partial charge in [-0.3, -0.25) is 0 Å². The Kier molecular flexibility index (Phi) is 13.5. The minimum absolute atomic E-state index is 0. The molecule has 3 saturated carbocycles. The van der Waals surface area contributed by atoms with E-state index in [9.17, 15) is 0 Å². The third kappa shape index (κ3) is 7.71. The summed E-state index contributed by atoms with van der Waals surface area (Å²) in [6, 6.07) is 0. The maximum atomic E-state index is 2.39. The molecular formula is C27H54La. The molecule has 0 aromatic carbocycles. The molecule has 0 aromatic heterocycles. The van der Waals surface area contributed by atoms with E-state index in [-0.39, 0.29) is 35.6 Å². The van der Waals surface area contributed by atoms with Gasteiger partial charge in [0.2, 0.25) is 0 Å². The van der Waals surface area contributed by atoms with Crippen LogP contribution in [0.25, 0.3) is 0 Å². The van der Waals surface area contributed by atoms with E-state index in [1.54, 1.807) is 0 Å². The molecule has 3 fully saturated rings. The van der Waals surface area contributed by atoms with E-state index in [1.807, 2.05) is 0 Å². The third-order valence-corrected chi connectivity index (χ3v) is 10.1.